The molecule has 0 saturated heterocycles. The van der Waals surface area contributed by atoms with E-state index in [9.17, 15) is 14.7 Å². The molecule has 0 bridgehead atoms. The average Bonchev–Trinajstić information content (AvgIpc) is 2.87. The number of carbonyl (C=O) groups is 2. The average molecular weight is 315 g/mol. The first kappa shape index (κ1) is 16.7. The lowest BCUT2D eigenvalue weighted by Gasteiger charge is -2.31. The Morgan fingerprint density at radius 2 is 1.83 bits per heavy atom. The Morgan fingerprint density at radius 1 is 1.22 bits per heavy atom. The Balaban J connectivity index is 2.42. The number of carboxylic acid groups (broad SMARTS) is 1. The Kier molecular flexibility index (Phi) is 4.27. The molecule has 1 N–H and O–H groups in total. The van der Waals surface area contributed by atoms with E-state index in [1.54, 1.807) is 11.6 Å². The van der Waals surface area contributed by atoms with Crippen LogP contribution in [0.1, 0.15) is 35.5 Å². The summed E-state index contributed by atoms with van der Waals surface area (Å²) in [4.78, 5) is 25.2. The predicted octanol–water partition coefficient (Wildman–Crippen LogP) is 2.42. The van der Waals surface area contributed by atoms with Crippen molar-refractivity contribution in [2.75, 3.05) is 7.05 Å². The summed E-state index contributed by atoms with van der Waals surface area (Å²) in [6.07, 6.45) is 1.48. The molecular formula is C17H21N3O3. The van der Waals surface area contributed by atoms with Crippen LogP contribution in [0.5, 0.6) is 0 Å². The quantitative estimate of drug-likeness (QED) is 0.940. The van der Waals surface area contributed by atoms with Crippen molar-refractivity contribution in [2.45, 2.75) is 33.2 Å². The summed E-state index contributed by atoms with van der Waals surface area (Å²) < 4.78 is 1.70. The van der Waals surface area contributed by atoms with Gasteiger partial charge in [0.1, 0.15) is 5.54 Å². The zero-order valence-corrected chi connectivity index (χ0v) is 14.0. The number of likely N-dealkylation sites (N-methyl/N-ethyl adjacent to an activating group) is 1. The molecule has 0 spiro atoms. The van der Waals surface area contributed by atoms with Crippen molar-refractivity contribution >= 4 is 11.9 Å². The zero-order chi connectivity index (χ0) is 17.4. The maximum absolute atomic E-state index is 12.7. The minimum Gasteiger partial charge on any atom is -0.480 e. The zero-order valence-electron chi connectivity index (χ0n) is 14.0. The van der Waals surface area contributed by atoms with Crippen LogP contribution in [0.15, 0.2) is 30.5 Å². The second kappa shape index (κ2) is 5.87. The fourth-order valence-electron chi connectivity index (χ4n) is 2.24. The number of para-hydroxylation sites is 1. The molecule has 0 aliphatic heterocycles. The number of aryl methyl sites for hydroxylation is 1. The van der Waals surface area contributed by atoms with E-state index >= 15 is 0 Å². The molecule has 1 heterocycles. The van der Waals surface area contributed by atoms with Gasteiger partial charge in [0.2, 0.25) is 0 Å². The third-order valence-electron chi connectivity index (χ3n) is 4.25. The summed E-state index contributed by atoms with van der Waals surface area (Å²) in [7, 11) is 1.49. The summed E-state index contributed by atoms with van der Waals surface area (Å²) >= 11 is 0. The second-order valence-corrected chi connectivity index (χ2v) is 6.07. The van der Waals surface area contributed by atoms with Crippen LogP contribution >= 0.6 is 0 Å². The standard InChI is InChI=1S/C17H21N3O3/c1-11-8-6-7-9-14(11)20-12(2)13(10-18-20)15(21)19(5)17(3,4)16(22)23/h6-10H,1-5H3,(H,22,23). The topological polar surface area (TPSA) is 75.4 Å². The van der Waals surface area contributed by atoms with Crippen molar-refractivity contribution in [3.05, 3.63) is 47.3 Å². The van der Waals surface area contributed by atoms with E-state index in [1.807, 2.05) is 31.2 Å². The molecule has 1 aromatic heterocycles. The molecule has 0 radical (unpaired) electrons. The van der Waals surface area contributed by atoms with E-state index in [4.69, 9.17) is 0 Å². The molecule has 0 aliphatic rings. The molecule has 2 aromatic rings. The molecule has 1 amide bonds. The summed E-state index contributed by atoms with van der Waals surface area (Å²) in [6, 6.07) is 7.74. The first-order valence-electron chi connectivity index (χ1n) is 7.30. The number of hydrogen-bond acceptors (Lipinski definition) is 3. The van der Waals surface area contributed by atoms with Crippen molar-refractivity contribution < 1.29 is 14.7 Å². The number of amides is 1. The number of aromatic nitrogens is 2. The van der Waals surface area contributed by atoms with Gasteiger partial charge in [0.25, 0.3) is 5.91 Å². The van der Waals surface area contributed by atoms with Gasteiger partial charge in [-0.05, 0) is 39.3 Å². The number of carbonyl (C=O) groups excluding carboxylic acids is 1. The Bertz CT molecular complexity index is 762. The third-order valence-corrected chi connectivity index (χ3v) is 4.25. The lowest BCUT2D eigenvalue weighted by molar-refractivity contribution is -0.147. The van der Waals surface area contributed by atoms with Gasteiger partial charge in [-0.2, -0.15) is 5.10 Å². The second-order valence-electron chi connectivity index (χ2n) is 6.07. The summed E-state index contributed by atoms with van der Waals surface area (Å²) in [5, 5.41) is 13.6. The van der Waals surface area contributed by atoms with Crippen molar-refractivity contribution in [2.24, 2.45) is 0 Å². The van der Waals surface area contributed by atoms with Gasteiger partial charge in [0.15, 0.2) is 0 Å². The van der Waals surface area contributed by atoms with Crippen LogP contribution in [0.4, 0.5) is 0 Å². The van der Waals surface area contributed by atoms with E-state index in [0.29, 0.717) is 11.3 Å². The lowest BCUT2D eigenvalue weighted by atomic mass is 10.0. The molecule has 122 valence electrons. The molecular weight excluding hydrogens is 294 g/mol. The Morgan fingerprint density at radius 3 is 2.39 bits per heavy atom. The van der Waals surface area contributed by atoms with Crippen molar-refractivity contribution in [1.82, 2.24) is 14.7 Å². The minimum atomic E-state index is -1.30. The molecule has 1 aromatic carbocycles. The van der Waals surface area contributed by atoms with Gasteiger partial charge in [-0.1, -0.05) is 18.2 Å². The molecule has 23 heavy (non-hydrogen) atoms. The van der Waals surface area contributed by atoms with Gasteiger partial charge in [-0.25, -0.2) is 9.48 Å². The van der Waals surface area contributed by atoms with Gasteiger partial charge >= 0.3 is 5.97 Å². The van der Waals surface area contributed by atoms with E-state index in [1.165, 1.54) is 32.0 Å². The maximum Gasteiger partial charge on any atom is 0.329 e. The first-order chi connectivity index (χ1) is 10.7. The number of carboxylic acids is 1. The van der Waals surface area contributed by atoms with Gasteiger partial charge in [0.05, 0.1) is 23.1 Å². The molecule has 0 unspecified atom stereocenters. The summed E-state index contributed by atoms with van der Waals surface area (Å²) in [5.74, 6) is -1.42. The number of benzene rings is 1. The summed E-state index contributed by atoms with van der Waals surface area (Å²) in [5.41, 5.74) is 1.71. The molecule has 0 aliphatic carbocycles. The monoisotopic (exact) mass is 315 g/mol. The highest BCUT2D eigenvalue weighted by Crippen LogP contribution is 2.21. The number of aliphatic carboxylic acids is 1. The SMILES string of the molecule is Cc1ccccc1-n1ncc(C(=O)N(C)C(C)(C)C(=O)O)c1C. The number of hydrogen-bond donors (Lipinski definition) is 1. The van der Waals surface area contributed by atoms with Crippen molar-refractivity contribution in [3.63, 3.8) is 0 Å². The Hall–Kier alpha value is -2.63. The minimum absolute atomic E-state index is 0.366. The van der Waals surface area contributed by atoms with E-state index < -0.39 is 11.5 Å². The van der Waals surface area contributed by atoms with Crippen LogP contribution in [0.25, 0.3) is 5.69 Å². The van der Waals surface area contributed by atoms with Gasteiger partial charge in [-0.3, -0.25) is 4.79 Å². The fraction of sp³-hybridized carbons (Fsp3) is 0.353. The van der Waals surface area contributed by atoms with Crippen LogP contribution in [0, 0.1) is 13.8 Å². The largest absolute Gasteiger partial charge is 0.480 e. The van der Waals surface area contributed by atoms with Gasteiger partial charge in [0, 0.05) is 7.05 Å². The van der Waals surface area contributed by atoms with Crippen LogP contribution in [-0.4, -0.2) is 44.3 Å². The molecule has 2 rings (SSSR count). The molecule has 0 fully saturated rings. The van der Waals surface area contributed by atoms with Gasteiger partial charge < -0.3 is 10.0 Å². The summed E-state index contributed by atoms with van der Waals surface area (Å²) in [6.45, 7) is 6.76. The van der Waals surface area contributed by atoms with Crippen LogP contribution < -0.4 is 0 Å². The van der Waals surface area contributed by atoms with Crippen LogP contribution in [-0.2, 0) is 4.79 Å². The van der Waals surface area contributed by atoms with Crippen molar-refractivity contribution in [3.8, 4) is 5.69 Å². The molecule has 0 saturated carbocycles. The normalized spacial score (nSPS) is 11.3. The van der Waals surface area contributed by atoms with E-state index in [-0.39, 0.29) is 5.91 Å². The fourth-order valence-corrected chi connectivity index (χ4v) is 2.24. The highest BCUT2D eigenvalue weighted by Gasteiger charge is 2.36. The van der Waals surface area contributed by atoms with E-state index in [2.05, 4.69) is 5.10 Å². The highest BCUT2D eigenvalue weighted by atomic mass is 16.4. The maximum atomic E-state index is 12.7. The third kappa shape index (κ3) is 2.84. The van der Waals surface area contributed by atoms with Crippen LogP contribution in [0.2, 0.25) is 0 Å². The van der Waals surface area contributed by atoms with Crippen molar-refractivity contribution in [1.29, 1.82) is 0 Å². The lowest BCUT2D eigenvalue weighted by Crippen LogP contribution is -2.50. The predicted molar refractivity (Wildman–Crippen MR) is 86.8 cm³/mol. The number of nitrogens with zero attached hydrogens (tertiary/aromatic N) is 3. The first-order valence-corrected chi connectivity index (χ1v) is 7.30. The smallest absolute Gasteiger partial charge is 0.329 e. The van der Waals surface area contributed by atoms with E-state index in [0.717, 1.165) is 11.3 Å². The molecule has 6 nitrogen and oxygen atoms in total. The molecule has 0 atom stereocenters. The van der Waals surface area contributed by atoms with Crippen LogP contribution in [0.3, 0.4) is 0 Å². The van der Waals surface area contributed by atoms with Gasteiger partial charge in [-0.15, -0.1) is 0 Å². The Labute approximate surface area is 135 Å². The highest BCUT2D eigenvalue weighted by molar-refractivity contribution is 5.98. The number of rotatable bonds is 4. The molecule has 6 heteroatoms.